The van der Waals surface area contributed by atoms with E-state index < -0.39 is 47.9 Å². The van der Waals surface area contributed by atoms with Gasteiger partial charge in [0.25, 0.3) is 0 Å². The first-order chi connectivity index (χ1) is 16.0. The van der Waals surface area contributed by atoms with E-state index in [2.05, 4.69) is 25.9 Å². The van der Waals surface area contributed by atoms with Crippen molar-refractivity contribution in [3.63, 3.8) is 0 Å². The van der Waals surface area contributed by atoms with Gasteiger partial charge in [0.15, 0.2) is 0 Å². The van der Waals surface area contributed by atoms with Crippen LogP contribution in [0.4, 0.5) is 0 Å². The third-order valence-electron chi connectivity index (χ3n) is 5.61. The summed E-state index contributed by atoms with van der Waals surface area (Å²) in [7, 11) is 0. The van der Waals surface area contributed by atoms with Crippen molar-refractivity contribution in [3.8, 4) is 0 Å². The smallest absolute Gasteiger partial charge is 0.326 e. The molecule has 0 radical (unpaired) electrons. The Morgan fingerprint density at radius 3 is 2.24 bits per heavy atom. The lowest BCUT2D eigenvalue weighted by atomic mass is 9.98. The number of carbonyl (C=O) groups is 4. The summed E-state index contributed by atoms with van der Waals surface area (Å²) in [6.45, 7) is 7.10. The van der Waals surface area contributed by atoms with E-state index in [-0.39, 0.29) is 18.3 Å². The number of carbonyl (C=O) groups excluding carboxylic acids is 3. The molecule has 0 aromatic carbocycles. The van der Waals surface area contributed by atoms with Gasteiger partial charge in [-0.05, 0) is 30.3 Å². The van der Waals surface area contributed by atoms with Crippen LogP contribution in [0.5, 0.6) is 0 Å². The lowest BCUT2D eigenvalue weighted by Crippen LogP contribution is -2.59. The van der Waals surface area contributed by atoms with Crippen molar-refractivity contribution in [2.24, 2.45) is 17.6 Å². The molecule has 0 aliphatic rings. The number of aromatic nitrogens is 2. The average molecular weight is 499 g/mol. The molecule has 0 spiro atoms. The van der Waals surface area contributed by atoms with Crippen molar-refractivity contribution in [2.75, 3.05) is 12.0 Å². The Bertz CT molecular complexity index is 804. The molecule has 5 atom stereocenters. The zero-order valence-corrected chi connectivity index (χ0v) is 21.3. The standard InChI is InChI=1S/C22H38N6O5S/c1-6-13(4)18(22(32)33)28-20(30)16(9-14-10-24-11-25-14)26-21(31)17(12(2)3)27-19(29)15(23)7-8-34-5/h10-13,15-18H,6-9,23H2,1-5H3,(H,24,25)(H,26,31)(H,27,29)(H,28,30)(H,32,33). The number of imidazole rings is 1. The normalized spacial score (nSPS) is 15.6. The van der Waals surface area contributed by atoms with Gasteiger partial charge in [0, 0.05) is 18.3 Å². The van der Waals surface area contributed by atoms with E-state index in [1.54, 1.807) is 32.5 Å². The molecule has 0 saturated carbocycles. The third-order valence-corrected chi connectivity index (χ3v) is 6.25. The molecule has 12 heteroatoms. The van der Waals surface area contributed by atoms with Gasteiger partial charge in [-0.3, -0.25) is 14.4 Å². The summed E-state index contributed by atoms with van der Waals surface area (Å²) in [4.78, 5) is 57.1. The lowest BCUT2D eigenvalue weighted by Gasteiger charge is -2.27. The molecule has 0 aliphatic heterocycles. The zero-order valence-electron chi connectivity index (χ0n) is 20.5. The number of hydrogen-bond acceptors (Lipinski definition) is 7. The first kappa shape index (κ1) is 29.4. The van der Waals surface area contributed by atoms with Gasteiger partial charge < -0.3 is 31.8 Å². The molecule has 1 aromatic heterocycles. The number of nitrogens with zero attached hydrogens (tertiary/aromatic N) is 1. The fourth-order valence-corrected chi connectivity index (χ4v) is 3.68. The lowest BCUT2D eigenvalue weighted by molar-refractivity contribution is -0.143. The van der Waals surface area contributed by atoms with Crippen LogP contribution >= 0.6 is 11.8 Å². The van der Waals surface area contributed by atoms with Gasteiger partial charge in [0.2, 0.25) is 17.7 Å². The summed E-state index contributed by atoms with van der Waals surface area (Å²) in [6.07, 6.45) is 5.96. The molecule has 0 fully saturated rings. The molecular formula is C22H38N6O5S. The van der Waals surface area contributed by atoms with Crippen LogP contribution in [0.3, 0.4) is 0 Å². The molecule has 1 heterocycles. The molecular weight excluding hydrogens is 460 g/mol. The molecule has 5 unspecified atom stereocenters. The average Bonchev–Trinajstić information content (AvgIpc) is 3.30. The molecule has 0 aliphatic carbocycles. The van der Waals surface area contributed by atoms with Crippen LogP contribution in [0.25, 0.3) is 0 Å². The second-order valence-corrected chi connectivity index (χ2v) is 9.66. The Balaban J connectivity index is 3.03. The van der Waals surface area contributed by atoms with Crippen LogP contribution in [-0.2, 0) is 25.6 Å². The second-order valence-electron chi connectivity index (χ2n) is 8.67. The highest BCUT2D eigenvalue weighted by atomic mass is 32.2. The number of nitrogens with one attached hydrogen (secondary N) is 4. The van der Waals surface area contributed by atoms with Crippen LogP contribution in [0.2, 0.25) is 0 Å². The predicted molar refractivity (Wildman–Crippen MR) is 131 cm³/mol. The predicted octanol–water partition coefficient (Wildman–Crippen LogP) is 0.274. The quantitative estimate of drug-likeness (QED) is 0.199. The molecule has 3 amide bonds. The van der Waals surface area contributed by atoms with Crippen molar-refractivity contribution in [3.05, 3.63) is 18.2 Å². The van der Waals surface area contributed by atoms with E-state index in [0.717, 1.165) is 0 Å². The molecule has 0 saturated heterocycles. The maximum absolute atomic E-state index is 13.1. The molecule has 1 aromatic rings. The molecule has 192 valence electrons. The number of nitrogens with two attached hydrogens (primary N) is 1. The van der Waals surface area contributed by atoms with Gasteiger partial charge in [-0.25, -0.2) is 9.78 Å². The Morgan fingerprint density at radius 1 is 1.09 bits per heavy atom. The first-order valence-corrected chi connectivity index (χ1v) is 12.8. The van der Waals surface area contributed by atoms with Crippen molar-refractivity contribution in [1.29, 1.82) is 0 Å². The summed E-state index contributed by atoms with van der Waals surface area (Å²) in [6, 6.07) is -3.86. The maximum Gasteiger partial charge on any atom is 0.326 e. The summed E-state index contributed by atoms with van der Waals surface area (Å²) in [5.74, 6) is -2.67. The minimum absolute atomic E-state index is 0.0659. The number of H-pyrrole nitrogens is 1. The molecule has 0 bridgehead atoms. The minimum atomic E-state index is -1.15. The van der Waals surface area contributed by atoms with E-state index in [0.29, 0.717) is 24.3 Å². The number of rotatable bonds is 15. The molecule has 7 N–H and O–H groups in total. The topological polar surface area (TPSA) is 179 Å². The SMILES string of the molecule is CCC(C)C(NC(=O)C(Cc1cnc[nH]1)NC(=O)C(NC(=O)C(N)CCSC)C(C)C)C(=O)O. The Hall–Kier alpha value is -2.60. The van der Waals surface area contributed by atoms with Crippen LogP contribution in [-0.4, -0.2) is 74.9 Å². The van der Waals surface area contributed by atoms with Crippen LogP contribution < -0.4 is 21.7 Å². The first-order valence-electron chi connectivity index (χ1n) is 11.4. The Morgan fingerprint density at radius 2 is 1.74 bits per heavy atom. The second kappa shape index (κ2) is 14.6. The number of aromatic amines is 1. The maximum atomic E-state index is 13.1. The van der Waals surface area contributed by atoms with Gasteiger partial charge in [-0.1, -0.05) is 34.1 Å². The summed E-state index contributed by atoms with van der Waals surface area (Å²) in [5, 5.41) is 17.4. The van der Waals surface area contributed by atoms with Crippen molar-refractivity contribution < 1.29 is 24.3 Å². The molecule has 1 rings (SSSR count). The number of carboxylic acid groups (broad SMARTS) is 1. The summed E-state index contributed by atoms with van der Waals surface area (Å²) < 4.78 is 0. The van der Waals surface area contributed by atoms with Gasteiger partial charge >= 0.3 is 5.97 Å². The monoisotopic (exact) mass is 498 g/mol. The highest BCUT2D eigenvalue weighted by Crippen LogP contribution is 2.10. The number of hydrogen-bond donors (Lipinski definition) is 6. The fraction of sp³-hybridized carbons (Fsp3) is 0.682. The van der Waals surface area contributed by atoms with Gasteiger partial charge in [-0.2, -0.15) is 11.8 Å². The number of carboxylic acids is 1. The largest absolute Gasteiger partial charge is 0.480 e. The third kappa shape index (κ3) is 9.34. The zero-order chi connectivity index (χ0) is 25.8. The Labute approximate surface area is 204 Å². The van der Waals surface area contributed by atoms with Crippen LogP contribution in [0.15, 0.2) is 12.5 Å². The van der Waals surface area contributed by atoms with E-state index in [9.17, 15) is 24.3 Å². The van der Waals surface area contributed by atoms with Crippen molar-refractivity contribution in [2.45, 2.75) is 71.1 Å². The van der Waals surface area contributed by atoms with Gasteiger partial charge in [-0.15, -0.1) is 0 Å². The highest BCUT2D eigenvalue weighted by Gasteiger charge is 2.33. The Kier molecular flexibility index (Phi) is 12.7. The fourth-order valence-electron chi connectivity index (χ4n) is 3.20. The van der Waals surface area contributed by atoms with Gasteiger partial charge in [0.05, 0.1) is 12.4 Å². The minimum Gasteiger partial charge on any atom is -0.480 e. The van der Waals surface area contributed by atoms with E-state index >= 15 is 0 Å². The van der Waals surface area contributed by atoms with E-state index in [1.807, 2.05) is 13.2 Å². The number of thioether (sulfide) groups is 1. The van der Waals surface area contributed by atoms with E-state index in [4.69, 9.17) is 5.73 Å². The summed E-state index contributed by atoms with van der Waals surface area (Å²) in [5.41, 5.74) is 6.51. The highest BCUT2D eigenvalue weighted by molar-refractivity contribution is 7.98. The van der Waals surface area contributed by atoms with E-state index in [1.165, 1.54) is 12.5 Å². The van der Waals surface area contributed by atoms with Crippen LogP contribution in [0.1, 0.15) is 46.2 Å². The molecule has 34 heavy (non-hydrogen) atoms. The van der Waals surface area contributed by atoms with Crippen molar-refractivity contribution >= 4 is 35.5 Å². The molecule has 11 nitrogen and oxygen atoms in total. The summed E-state index contributed by atoms with van der Waals surface area (Å²) >= 11 is 1.57. The van der Waals surface area contributed by atoms with Crippen molar-refractivity contribution in [1.82, 2.24) is 25.9 Å². The number of amides is 3. The van der Waals surface area contributed by atoms with Gasteiger partial charge in [0.1, 0.15) is 18.1 Å². The number of aliphatic carboxylic acids is 1. The van der Waals surface area contributed by atoms with Crippen LogP contribution in [0, 0.1) is 11.8 Å².